The predicted octanol–water partition coefficient (Wildman–Crippen LogP) is 4.03. The minimum atomic E-state index is -0.248. The van der Waals surface area contributed by atoms with Crippen molar-refractivity contribution in [2.24, 2.45) is 7.05 Å². The van der Waals surface area contributed by atoms with Gasteiger partial charge in [-0.3, -0.25) is 9.48 Å². The van der Waals surface area contributed by atoms with Crippen LogP contribution in [0.3, 0.4) is 0 Å². The number of nitrogens with one attached hydrogen (secondary N) is 1. The molecule has 0 aliphatic heterocycles. The molecule has 0 spiro atoms. The lowest BCUT2D eigenvalue weighted by molar-refractivity contribution is 0.102. The summed E-state index contributed by atoms with van der Waals surface area (Å²) in [7, 11) is 3.39. The summed E-state index contributed by atoms with van der Waals surface area (Å²) in [6.45, 7) is 3.71. The molecule has 1 N–H and O–H groups in total. The van der Waals surface area contributed by atoms with Crippen molar-refractivity contribution in [3.63, 3.8) is 0 Å². The number of carbonyl (C=O) groups excluding carboxylic acids is 1. The average Bonchev–Trinajstić information content (AvgIpc) is 3.02. The first kappa shape index (κ1) is 19.4. The molecule has 0 bridgehead atoms. The lowest BCUT2D eigenvalue weighted by Gasteiger charge is -2.10. The average molecular weight is 403 g/mol. The molecule has 4 rings (SSSR count). The van der Waals surface area contributed by atoms with Gasteiger partial charge in [-0.15, -0.1) is 0 Å². The van der Waals surface area contributed by atoms with Crippen LogP contribution in [0.4, 0.5) is 5.69 Å². The number of ether oxygens (including phenoxy) is 2. The molecule has 0 radical (unpaired) electrons. The van der Waals surface area contributed by atoms with E-state index in [0.717, 1.165) is 16.8 Å². The molecule has 0 aliphatic rings. The van der Waals surface area contributed by atoms with E-state index in [1.165, 1.54) is 0 Å². The standard InChI is InChI=1S/C22H21N5O3/c1-13-11-16(20-14(2)26-27(3)21(20)24-13)22(28)25-15-9-10-19(23-12-15)30-18-8-6-5-7-17(18)29-4/h5-12H,1-4H3,(H,25,28). The van der Waals surface area contributed by atoms with E-state index in [1.54, 1.807) is 42.3 Å². The Kier molecular flexibility index (Phi) is 5.05. The van der Waals surface area contributed by atoms with Gasteiger partial charge in [-0.25, -0.2) is 9.97 Å². The Bertz CT molecular complexity index is 1230. The van der Waals surface area contributed by atoms with Gasteiger partial charge in [0.2, 0.25) is 5.88 Å². The highest BCUT2D eigenvalue weighted by atomic mass is 16.5. The van der Waals surface area contributed by atoms with Crippen LogP contribution in [-0.4, -0.2) is 32.8 Å². The molecular weight excluding hydrogens is 382 g/mol. The summed E-state index contributed by atoms with van der Waals surface area (Å²) in [5, 5.41) is 8.00. The first-order chi connectivity index (χ1) is 14.5. The van der Waals surface area contributed by atoms with E-state index in [-0.39, 0.29) is 5.91 Å². The molecular formula is C22H21N5O3. The summed E-state index contributed by atoms with van der Waals surface area (Å²) in [6, 6.07) is 12.5. The van der Waals surface area contributed by atoms with Crippen LogP contribution in [0.5, 0.6) is 17.4 Å². The second-order valence-corrected chi connectivity index (χ2v) is 6.81. The van der Waals surface area contributed by atoms with Crippen LogP contribution in [-0.2, 0) is 7.05 Å². The Balaban J connectivity index is 1.56. The number of pyridine rings is 2. The van der Waals surface area contributed by atoms with E-state index >= 15 is 0 Å². The molecule has 0 atom stereocenters. The second-order valence-electron chi connectivity index (χ2n) is 6.81. The zero-order chi connectivity index (χ0) is 21.3. The lowest BCUT2D eigenvalue weighted by atomic mass is 10.1. The summed E-state index contributed by atoms with van der Waals surface area (Å²) in [5.41, 5.74) is 3.25. The van der Waals surface area contributed by atoms with Gasteiger partial charge in [0.1, 0.15) is 0 Å². The monoisotopic (exact) mass is 403 g/mol. The van der Waals surface area contributed by atoms with E-state index in [2.05, 4.69) is 20.4 Å². The Labute approximate surface area is 173 Å². The Morgan fingerprint density at radius 3 is 2.57 bits per heavy atom. The van der Waals surface area contributed by atoms with Gasteiger partial charge in [0.05, 0.1) is 35.6 Å². The van der Waals surface area contributed by atoms with Gasteiger partial charge in [0.25, 0.3) is 5.91 Å². The molecule has 8 heteroatoms. The molecule has 0 unspecified atom stereocenters. The number of nitrogens with zero attached hydrogens (tertiary/aromatic N) is 4. The van der Waals surface area contributed by atoms with Crippen LogP contribution in [0.1, 0.15) is 21.7 Å². The number of hydrogen-bond acceptors (Lipinski definition) is 6. The van der Waals surface area contributed by atoms with Gasteiger partial charge < -0.3 is 14.8 Å². The molecule has 1 aromatic carbocycles. The zero-order valence-electron chi connectivity index (χ0n) is 17.1. The van der Waals surface area contributed by atoms with Crippen LogP contribution in [0.2, 0.25) is 0 Å². The fourth-order valence-electron chi connectivity index (χ4n) is 3.28. The van der Waals surface area contributed by atoms with Crippen LogP contribution in [0.25, 0.3) is 11.0 Å². The number of methoxy groups -OCH3 is 1. The zero-order valence-corrected chi connectivity index (χ0v) is 17.1. The van der Waals surface area contributed by atoms with Crippen molar-refractivity contribution in [3.05, 3.63) is 65.6 Å². The Morgan fingerprint density at radius 1 is 1.10 bits per heavy atom. The van der Waals surface area contributed by atoms with Gasteiger partial charge >= 0.3 is 0 Å². The van der Waals surface area contributed by atoms with Crippen LogP contribution in [0, 0.1) is 13.8 Å². The topological polar surface area (TPSA) is 91.2 Å². The largest absolute Gasteiger partial charge is 0.493 e. The van der Waals surface area contributed by atoms with Crippen LogP contribution < -0.4 is 14.8 Å². The third kappa shape index (κ3) is 3.67. The third-order valence-electron chi connectivity index (χ3n) is 4.62. The van der Waals surface area contributed by atoms with E-state index in [1.807, 2.05) is 39.1 Å². The summed E-state index contributed by atoms with van der Waals surface area (Å²) in [4.78, 5) is 21.7. The van der Waals surface area contributed by atoms with Gasteiger partial charge in [-0.1, -0.05) is 12.1 Å². The lowest BCUT2D eigenvalue weighted by Crippen LogP contribution is -2.13. The highest BCUT2D eigenvalue weighted by Crippen LogP contribution is 2.30. The number of hydrogen-bond donors (Lipinski definition) is 1. The highest BCUT2D eigenvalue weighted by molar-refractivity contribution is 6.12. The van der Waals surface area contributed by atoms with E-state index in [9.17, 15) is 4.79 Å². The molecule has 1 amide bonds. The van der Waals surface area contributed by atoms with E-state index in [0.29, 0.717) is 34.3 Å². The minimum Gasteiger partial charge on any atom is -0.493 e. The fourth-order valence-corrected chi connectivity index (χ4v) is 3.28. The Morgan fingerprint density at radius 2 is 1.87 bits per heavy atom. The van der Waals surface area contributed by atoms with Crippen molar-refractivity contribution >= 4 is 22.6 Å². The van der Waals surface area contributed by atoms with Gasteiger partial charge in [0.15, 0.2) is 17.1 Å². The summed E-state index contributed by atoms with van der Waals surface area (Å²) in [6.07, 6.45) is 1.55. The molecule has 0 saturated carbocycles. The maximum atomic E-state index is 12.9. The highest BCUT2D eigenvalue weighted by Gasteiger charge is 2.18. The maximum Gasteiger partial charge on any atom is 0.256 e. The number of carbonyl (C=O) groups is 1. The first-order valence-electron chi connectivity index (χ1n) is 9.35. The number of benzene rings is 1. The van der Waals surface area contributed by atoms with Gasteiger partial charge in [-0.05, 0) is 38.1 Å². The smallest absolute Gasteiger partial charge is 0.256 e. The summed E-state index contributed by atoms with van der Waals surface area (Å²) < 4.78 is 12.7. The molecule has 4 aromatic rings. The molecule has 0 aliphatic carbocycles. The minimum absolute atomic E-state index is 0.248. The van der Waals surface area contributed by atoms with Gasteiger partial charge in [0, 0.05) is 18.8 Å². The van der Waals surface area contributed by atoms with Gasteiger partial charge in [-0.2, -0.15) is 5.10 Å². The molecule has 3 aromatic heterocycles. The van der Waals surface area contributed by atoms with Crippen molar-refractivity contribution in [3.8, 4) is 17.4 Å². The first-order valence-corrected chi connectivity index (χ1v) is 9.35. The Hall–Kier alpha value is -3.94. The number of aromatic nitrogens is 4. The van der Waals surface area contributed by atoms with Crippen molar-refractivity contribution in [1.82, 2.24) is 19.7 Å². The number of fused-ring (bicyclic) bond motifs is 1. The van der Waals surface area contributed by atoms with Crippen molar-refractivity contribution in [2.75, 3.05) is 12.4 Å². The normalized spacial score (nSPS) is 10.8. The predicted molar refractivity (Wildman–Crippen MR) is 113 cm³/mol. The molecule has 8 nitrogen and oxygen atoms in total. The quantitative estimate of drug-likeness (QED) is 0.541. The number of aryl methyl sites for hydroxylation is 3. The molecule has 30 heavy (non-hydrogen) atoms. The number of rotatable bonds is 5. The molecule has 152 valence electrons. The number of anilines is 1. The summed E-state index contributed by atoms with van der Waals surface area (Å²) >= 11 is 0. The van der Waals surface area contributed by atoms with E-state index < -0.39 is 0 Å². The van der Waals surface area contributed by atoms with E-state index in [4.69, 9.17) is 9.47 Å². The fraction of sp³-hybridized carbons (Fsp3) is 0.182. The number of amides is 1. The van der Waals surface area contributed by atoms with Crippen molar-refractivity contribution in [1.29, 1.82) is 0 Å². The molecule has 3 heterocycles. The van der Waals surface area contributed by atoms with Crippen LogP contribution in [0.15, 0.2) is 48.7 Å². The second kappa shape index (κ2) is 7.82. The third-order valence-corrected chi connectivity index (χ3v) is 4.62. The molecule has 0 saturated heterocycles. The SMILES string of the molecule is COc1ccccc1Oc1ccc(NC(=O)c2cc(C)nc3c2c(C)nn3C)cn1. The van der Waals surface area contributed by atoms with Crippen molar-refractivity contribution < 1.29 is 14.3 Å². The summed E-state index contributed by atoms with van der Waals surface area (Å²) in [5.74, 6) is 1.32. The molecule has 0 fully saturated rings. The van der Waals surface area contributed by atoms with Crippen molar-refractivity contribution in [2.45, 2.75) is 13.8 Å². The number of para-hydroxylation sites is 2. The maximum absolute atomic E-state index is 12.9. The van der Waals surface area contributed by atoms with Crippen LogP contribution >= 0.6 is 0 Å².